The van der Waals surface area contributed by atoms with Crippen molar-refractivity contribution in [2.45, 2.75) is 18.2 Å². The molecule has 7 nitrogen and oxygen atoms in total. The molecule has 0 aliphatic carbocycles. The van der Waals surface area contributed by atoms with Crippen molar-refractivity contribution in [2.24, 2.45) is 0 Å². The first-order valence-electron chi connectivity index (χ1n) is 9.44. The molecule has 154 valence electrons. The molecule has 0 fully saturated rings. The second kappa shape index (κ2) is 8.16. The number of amides is 2. The molecule has 1 aliphatic rings. The van der Waals surface area contributed by atoms with Crippen molar-refractivity contribution in [1.82, 2.24) is 9.29 Å². The van der Waals surface area contributed by atoms with Gasteiger partial charge in [-0.1, -0.05) is 12.1 Å². The second-order valence-electron chi connectivity index (χ2n) is 7.00. The fourth-order valence-electron chi connectivity index (χ4n) is 3.30. The molecule has 3 aromatic rings. The van der Waals surface area contributed by atoms with Crippen LogP contribution < -0.4 is 15.4 Å². The number of nitrogens with one attached hydrogen (secondary N) is 2. The molecule has 0 saturated heterocycles. The van der Waals surface area contributed by atoms with Gasteiger partial charge in [0.15, 0.2) is 11.0 Å². The first-order chi connectivity index (χ1) is 14.5. The molecule has 2 aromatic carbocycles. The molecule has 8 heteroatoms. The van der Waals surface area contributed by atoms with Crippen LogP contribution in [0.1, 0.15) is 32.0 Å². The molecule has 0 spiro atoms. The van der Waals surface area contributed by atoms with Crippen LogP contribution in [0.15, 0.2) is 59.6 Å². The van der Waals surface area contributed by atoms with Crippen molar-refractivity contribution in [1.29, 1.82) is 0 Å². The monoisotopic (exact) mass is 423 g/mol. The molecule has 1 unspecified atom stereocenters. The van der Waals surface area contributed by atoms with Crippen LogP contribution in [-0.4, -0.2) is 33.7 Å². The SMILES string of the molecule is COc1ccc(CCNC(=O)c2ccc3c(c2)NC(=O)c2cc(C)cn2S3=O)cc1. The van der Waals surface area contributed by atoms with Gasteiger partial charge in [0.2, 0.25) is 0 Å². The minimum atomic E-state index is -1.57. The summed E-state index contributed by atoms with van der Waals surface area (Å²) < 4.78 is 19.5. The first-order valence-corrected chi connectivity index (χ1v) is 10.5. The number of benzene rings is 2. The molecule has 2 heterocycles. The van der Waals surface area contributed by atoms with E-state index in [0.29, 0.717) is 34.8 Å². The third-order valence-electron chi connectivity index (χ3n) is 4.87. The van der Waals surface area contributed by atoms with E-state index in [4.69, 9.17) is 4.74 Å². The smallest absolute Gasteiger partial charge is 0.273 e. The van der Waals surface area contributed by atoms with Crippen LogP contribution in [0, 0.1) is 6.92 Å². The van der Waals surface area contributed by atoms with Gasteiger partial charge in [-0.15, -0.1) is 0 Å². The van der Waals surface area contributed by atoms with E-state index in [9.17, 15) is 13.8 Å². The molecule has 4 rings (SSSR count). The van der Waals surface area contributed by atoms with Gasteiger partial charge in [-0.05, 0) is 60.9 Å². The number of anilines is 1. The maximum Gasteiger partial charge on any atom is 0.273 e. The zero-order valence-corrected chi connectivity index (χ0v) is 17.4. The summed E-state index contributed by atoms with van der Waals surface area (Å²) in [5, 5.41) is 5.64. The van der Waals surface area contributed by atoms with E-state index in [1.807, 2.05) is 31.2 Å². The summed E-state index contributed by atoms with van der Waals surface area (Å²) in [6, 6.07) is 14.2. The average molecular weight is 423 g/mol. The number of carbonyl (C=O) groups excluding carboxylic acids is 2. The molecular weight excluding hydrogens is 402 g/mol. The zero-order chi connectivity index (χ0) is 21.3. The highest BCUT2D eigenvalue weighted by Gasteiger charge is 2.25. The predicted molar refractivity (Wildman–Crippen MR) is 114 cm³/mol. The van der Waals surface area contributed by atoms with Crippen LogP contribution in [0.4, 0.5) is 5.69 Å². The molecule has 0 saturated carbocycles. The standard InChI is InChI=1S/C22H21N3O4S/c1-14-11-19-22(27)24-18-12-16(5-8-20(18)30(28)25(19)13-14)21(26)23-10-9-15-3-6-17(29-2)7-4-15/h3-8,11-13H,9-10H2,1-2H3,(H,23,26)(H,24,27). The van der Waals surface area contributed by atoms with Crippen LogP contribution in [0.5, 0.6) is 5.75 Å². The van der Waals surface area contributed by atoms with Gasteiger partial charge in [0, 0.05) is 18.3 Å². The Balaban J connectivity index is 1.47. The van der Waals surface area contributed by atoms with Crippen molar-refractivity contribution in [3.8, 4) is 5.75 Å². The number of ether oxygens (including phenoxy) is 1. The van der Waals surface area contributed by atoms with Gasteiger partial charge in [-0.2, -0.15) is 0 Å². The molecule has 1 atom stereocenters. The van der Waals surface area contributed by atoms with Crippen LogP contribution in [0.2, 0.25) is 0 Å². The highest BCUT2D eigenvalue weighted by atomic mass is 32.2. The molecule has 30 heavy (non-hydrogen) atoms. The third kappa shape index (κ3) is 3.86. The number of carbonyl (C=O) groups is 2. The van der Waals surface area contributed by atoms with Crippen molar-refractivity contribution in [2.75, 3.05) is 19.0 Å². The number of nitrogens with zero attached hydrogens (tertiary/aromatic N) is 1. The molecule has 2 amide bonds. The minimum absolute atomic E-state index is 0.258. The highest BCUT2D eigenvalue weighted by Crippen LogP contribution is 2.28. The molecule has 0 bridgehead atoms. The van der Waals surface area contributed by atoms with Crippen molar-refractivity contribution in [3.05, 3.63) is 77.1 Å². The highest BCUT2D eigenvalue weighted by molar-refractivity contribution is 7.83. The molecular formula is C22H21N3O4S. The van der Waals surface area contributed by atoms with E-state index in [-0.39, 0.29) is 11.8 Å². The van der Waals surface area contributed by atoms with E-state index in [0.717, 1.165) is 16.9 Å². The number of methoxy groups -OCH3 is 1. The largest absolute Gasteiger partial charge is 0.497 e. The van der Waals surface area contributed by atoms with Crippen molar-refractivity contribution in [3.63, 3.8) is 0 Å². The quantitative estimate of drug-likeness (QED) is 0.660. The predicted octanol–water partition coefficient (Wildman–Crippen LogP) is 2.91. The van der Waals surface area contributed by atoms with Crippen LogP contribution in [0.25, 0.3) is 0 Å². The molecule has 1 aromatic heterocycles. The van der Waals surface area contributed by atoms with E-state index in [1.165, 1.54) is 3.97 Å². The lowest BCUT2D eigenvalue weighted by Gasteiger charge is -2.10. The third-order valence-corrected chi connectivity index (χ3v) is 6.26. The minimum Gasteiger partial charge on any atom is -0.497 e. The lowest BCUT2D eigenvalue weighted by atomic mass is 10.1. The maximum atomic E-state index is 12.9. The Bertz CT molecular complexity index is 1150. The van der Waals surface area contributed by atoms with E-state index in [2.05, 4.69) is 10.6 Å². The topological polar surface area (TPSA) is 89.4 Å². The van der Waals surface area contributed by atoms with Gasteiger partial charge in [-0.3, -0.25) is 13.6 Å². The van der Waals surface area contributed by atoms with Crippen molar-refractivity contribution >= 4 is 28.5 Å². The van der Waals surface area contributed by atoms with Crippen LogP contribution in [0.3, 0.4) is 0 Å². The second-order valence-corrected chi connectivity index (χ2v) is 8.33. The Morgan fingerprint density at radius 3 is 2.67 bits per heavy atom. The summed E-state index contributed by atoms with van der Waals surface area (Å²) in [6.07, 6.45) is 2.36. The maximum absolute atomic E-state index is 12.9. The first kappa shape index (κ1) is 19.9. The molecule has 2 N–H and O–H groups in total. The Morgan fingerprint density at radius 2 is 1.93 bits per heavy atom. The summed E-state index contributed by atoms with van der Waals surface area (Å²) >= 11 is 0. The van der Waals surface area contributed by atoms with Gasteiger partial charge in [0.25, 0.3) is 11.8 Å². The van der Waals surface area contributed by atoms with Crippen molar-refractivity contribution < 1.29 is 18.5 Å². The fourth-order valence-corrected chi connectivity index (χ4v) is 4.57. The van der Waals surface area contributed by atoms with Gasteiger partial charge >= 0.3 is 0 Å². The number of rotatable bonds is 5. The Labute approximate surface area is 176 Å². The fraction of sp³-hybridized carbons (Fsp3) is 0.182. The normalized spacial score (nSPS) is 14.9. The lowest BCUT2D eigenvalue weighted by molar-refractivity contribution is 0.0952. The number of aromatic nitrogens is 1. The van der Waals surface area contributed by atoms with E-state index >= 15 is 0 Å². The van der Waals surface area contributed by atoms with Gasteiger partial charge in [0.1, 0.15) is 11.4 Å². The van der Waals surface area contributed by atoms with Gasteiger partial charge in [0.05, 0.1) is 17.7 Å². The Kier molecular flexibility index (Phi) is 5.41. The summed E-state index contributed by atoms with van der Waals surface area (Å²) in [4.78, 5) is 25.5. The van der Waals surface area contributed by atoms with Gasteiger partial charge < -0.3 is 15.4 Å². The Hall–Kier alpha value is -3.39. The van der Waals surface area contributed by atoms with Gasteiger partial charge in [-0.25, -0.2) is 4.21 Å². The summed E-state index contributed by atoms with van der Waals surface area (Å²) in [5.41, 5.74) is 3.03. The van der Waals surface area contributed by atoms with E-state index in [1.54, 1.807) is 37.6 Å². The number of hydrogen-bond acceptors (Lipinski definition) is 4. The summed E-state index contributed by atoms with van der Waals surface area (Å²) in [7, 11) is 0.0467. The van der Waals surface area contributed by atoms with E-state index < -0.39 is 11.0 Å². The number of aryl methyl sites for hydroxylation is 1. The summed E-state index contributed by atoms with van der Waals surface area (Å²) in [5.74, 6) is 0.174. The molecule has 0 radical (unpaired) electrons. The number of fused-ring (bicyclic) bond motifs is 2. The average Bonchev–Trinajstić information content (AvgIpc) is 3.11. The molecule has 1 aliphatic heterocycles. The zero-order valence-electron chi connectivity index (χ0n) is 16.6. The lowest BCUT2D eigenvalue weighted by Crippen LogP contribution is -2.26. The summed E-state index contributed by atoms with van der Waals surface area (Å²) in [6.45, 7) is 2.30. The van der Waals surface area contributed by atoms with Crippen LogP contribution >= 0.6 is 0 Å². The van der Waals surface area contributed by atoms with Crippen LogP contribution in [-0.2, 0) is 17.4 Å². The number of hydrogen-bond donors (Lipinski definition) is 2. The Morgan fingerprint density at radius 1 is 1.17 bits per heavy atom.